The molecule has 1 aliphatic carbocycles. The van der Waals surface area contributed by atoms with E-state index in [2.05, 4.69) is 70.9 Å². The molecule has 2 aromatic heterocycles. The van der Waals surface area contributed by atoms with Gasteiger partial charge in [-0.05, 0) is 63.8 Å². The van der Waals surface area contributed by atoms with Gasteiger partial charge in [-0.3, -0.25) is 9.80 Å². The summed E-state index contributed by atoms with van der Waals surface area (Å²) in [7, 11) is 4.15. The van der Waals surface area contributed by atoms with E-state index in [0.29, 0.717) is 18.5 Å². The number of allylic oxidation sites excluding steroid dienone is 4. The molecule has 1 fully saturated rings. The summed E-state index contributed by atoms with van der Waals surface area (Å²) in [5, 5.41) is 9.14. The summed E-state index contributed by atoms with van der Waals surface area (Å²) >= 11 is 0. The Morgan fingerprint density at radius 1 is 1.36 bits per heavy atom. The lowest BCUT2D eigenvalue weighted by molar-refractivity contribution is -0.127. The van der Waals surface area contributed by atoms with Gasteiger partial charge in [0.2, 0.25) is 11.9 Å². The van der Waals surface area contributed by atoms with Gasteiger partial charge in [-0.15, -0.1) is 0 Å². The van der Waals surface area contributed by atoms with E-state index < -0.39 is 0 Å². The zero-order valence-corrected chi connectivity index (χ0v) is 21.7. The summed E-state index contributed by atoms with van der Waals surface area (Å²) in [5.41, 5.74) is 4.39. The van der Waals surface area contributed by atoms with Crippen molar-refractivity contribution in [3.05, 3.63) is 60.2 Å². The molecular formula is C27H36N8O. The zero-order chi connectivity index (χ0) is 25.4. The van der Waals surface area contributed by atoms with Gasteiger partial charge in [-0.2, -0.15) is 9.97 Å². The van der Waals surface area contributed by atoms with Gasteiger partial charge in [0, 0.05) is 62.6 Å². The number of H-pyrrole nitrogens is 1. The number of hydrogen-bond acceptors (Lipinski definition) is 7. The third-order valence-electron chi connectivity index (χ3n) is 7.40. The van der Waals surface area contributed by atoms with Crippen LogP contribution in [0, 0.1) is 0 Å². The molecule has 0 radical (unpaired) electrons. The molecular weight excluding hydrogens is 452 g/mol. The number of aromatic amines is 1. The first-order valence-electron chi connectivity index (χ1n) is 12.7. The van der Waals surface area contributed by atoms with Crippen molar-refractivity contribution in [2.24, 2.45) is 0 Å². The van der Waals surface area contributed by atoms with Crippen molar-refractivity contribution in [2.75, 3.05) is 37.4 Å². The molecule has 2 atom stereocenters. The van der Waals surface area contributed by atoms with E-state index in [0.717, 1.165) is 54.8 Å². The smallest absolute Gasteiger partial charge is 0.246 e. The fraction of sp³-hybridized carbons (Fsp3) is 0.444. The Morgan fingerprint density at radius 2 is 2.19 bits per heavy atom. The van der Waals surface area contributed by atoms with E-state index in [1.165, 1.54) is 17.5 Å². The molecule has 1 amide bonds. The average molecular weight is 489 g/mol. The molecule has 2 N–H and O–H groups in total. The number of aromatic nitrogens is 3. The molecule has 5 rings (SSSR count). The number of nitrogens with zero attached hydrogens (tertiary/aromatic N) is 6. The summed E-state index contributed by atoms with van der Waals surface area (Å²) in [5.74, 6) is 1.39. The van der Waals surface area contributed by atoms with E-state index in [1.807, 2.05) is 24.2 Å². The standard InChI is InChI=1S/C27H36N8O/c1-6-24(36)34-14-8-9-20(17-34)29-26-23-12-13-28-25(23)30-27(31-26)32(4)21-10-7-11-22(16-21)35-19(3)15-18(2)33(35)5/h6,10,12-13,15-16,18,20H,1,7-9,11,14,17H2,2-5H3,(H2,28,29,30,31). The molecule has 9 heteroatoms. The summed E-state index contributed by atoms with van der Waals surface area (Å²) in [6, 6.07) is 2.49. The van der Waals surface area contributed by atoms with Crippen LogP contribution in [0.15, 0.2) is 60.2 Å². The third kappa shape index (κ3) is 4.51. The Balaban J connectivity index is 1.40. The van der Waals surface area contributed by atoms with Crippen LogP contribution < -0.4 is 10.2 Å². The lowest BCUT2D eigenvalue weighted by Crippen LogP contribution is -2.44. The van der Waals surface area contributed by atoms with Crippen LogP contribution >= 0.6 is 0 Å². The van der Waals surface area contributed by atoms with Crippen molar-refractivity contribution in [2.45, 2.75) is 51.6 Å². The van der Waals surface area contributed by atoms with Gasteiger partial charge in [0.15, 0.2) is 0 Å². The number of rotatable bonds is 6. The van der Waals surface area contributed by atoms with E-state index in [9.17, 15) is 4.79 Å². The van der Waals surface area contributed by atoms with Crippen LogP contribution in [0.1, 0.15) is 39.5 Å². The lowest BCUT2D eigenvalue weighted by Gasteiger charge is -2.35. The second-order valence-electron chi connectivity index (χ2n) is 9.88. The number of fused-ring (bicyclic) bond motifs is 1. The molecule has 9 nitrogen and oxygen atoms in total. The molecule has 2 unspecified atom stereocenters. The predicted octanol–water partition coefficient (Wildman–Crippen LogP) is 4.00. The van der Waals surface area contributed by atoms with Crippen LogP contribution in [-0.4, -0.2) is 75.0 Å². The molecule has 0 bridgehead atoms. The second kappa shape index (κ2) is 9.81. The highest BCUT2D eigenvalue weighted by Gasteiger charge is 2.28. The Kier molecular flexibility index (Phi) is 6.57. The summed E-state index contributed by atoms with van der Waals surface area (Å²) in [6.07, 6.45) is 13.9. The van der Waals surface area contributed by atoms with Crippen molar-refractivity contribution >= 4 is 28.7 Å². The highest BCUT2D eigenvalue weighted by Crippen LogP contribution is 2.32. The number of piperidine rings is 1. The van der Waals surface area contributed by atoms with Crippen molar-refractivity contribution < 1.29 is 4.79 Å². The van der Waals surface area contributed by atoms with Gasteiger partial charge in [-0.1, -0.05) is 12.7 Å². The third-order valence-corrected chi connectivity index (χ3v) is 7.40. The first kappa shape index (κ1) is 24.1. The fourth-order valence-electron chi connectivity index (χ4n) is 5.38. The van der Waals surface area contributed by atoms with Crippen LogP contribution in [0.4, 0.5) is 11.8 Å². The zero-order valence-electron chi connectivity index (χ0n) is 21.7. The van der Waals surface area contributed by atoms with E-state index in [-0.39, 0.29) is 11.9 Å². The normalized spacial score (nSPS) is 22.8. The first-order chi connectivity index (χ1) is 17.4. The molecule has 0 saturated carbocycles. The number of likely N-dealkylation sites (tertiary alicyclic amines) is 1. The number of likely N-dealkylation sites (N-methyl/N-ethyl adjacent to an activating group) is 2. The van der Waals surface area contributed by atoms with Crippen LogP contribution in [0.5, 0.6) is 0 Å². The van der Waals surface area contributed by atoms with Gasteiger partial charge >= 0.3 is 0 Å². The number of hydrogen-bond donors (Lipinski definition) is 2. The maximum atomic E-state index is 12.2. The quantitative estimate of drug-likeness (QED) is 0.595. The van der Waals surface area contributed by atoms with Crippen molar-refractivity contribution in [1.82, 2.24) is 29.9 Å². The lowest BCUT2D eigenvalue weighted by atomic mass is 10.1. The minimum absolute atomic E-state index is 0.0219. The Morgan fingerprint density at radius 3 is 2.94 bits per heavy atom. The molecule has 36 heavy (non-hydrogen) atoms. The predicted molar refractivity (Wildman–Crippen MR) is 144 cm³/mol. The minimum Gasteiger partial charge on any atom is -0.365 e. The fourth-order valence-corrected chi connectivity index (χ4v) is 5.38. The Bertz CT molecular complexity index is 1260. The number of amides is 1. The Labute approximate surface area is 212 Å². The maximum absolute atomic E-state index is 12.2. The van der Waals surface area contributed by atoms with E-state index >= 15 is 0 Å². The summed E-state index contributed by atoms with van der Waals surface area (Å²) in [4.78, 5) is 29.1. The van der Waals surface area contributed by atoms with Gasteiger partial charge < -0.3 is 20.1 Å². The summed E-state index contributed by atoms with van der Waals surface area (Å²) < 4.78 is 0. The van der Waals surface area contributed by atoms with Gasteiger partial charge in [0.25, 0.3) is 0 Å². The van der Waals surface area contributed by atoms with Crippen LogP contribution in [0.2, 0.25) is 0 Å². The van der Waals surface area contributed by atoms with Gasteiger partial charge in [0.05, 0.1) is 5.39 Å². The van der Waals surface area contributed by atoms with Crippen molar-refractivity contribution in [1.29, 1.82) is 0 Å². The monoisotopic (exact) mass is 488 g/mol. The van der Waals surface area contributed by atoms with Crippen molar-refractivity contribution in [3.8, 4) is 0 Å². The molecule has 1 saturated heterocycles. The average Bonchev–Trinajstić information content (AvgIpc) is 3.46. The van der Waals surface area contributed by atoms with Crippen LogP contribution in [0.3, 0.4) is 0 Å². The molecule has 190 valence electrons. The topological polar surface area (TPSA) is 83.6 Å². The van der Waals surface area contributed by atoms with Crippen LogP contribution in [0.25, 0.3) is 11.0 Å². The van der Waals surface area contributed by atoms with Crippen molar-refractivity contribution in [3.63, 3.8) is 0 Å². The van der Waals surface area contributed by atoms with Crippen LogP contribution in [-0.2, 0) is 4.79 Å². The molecule has 0 spiro atoms. The van der Waals surface area contributed by atoms with Gasteiger partial charge in [0.1, 0.15) is 11.5 Å². The number of carbonyl (C=O) groups is 1. The highest BCUT2D eigenvalue weighted by molar-refractivity contribution is 5.89. The Hall–Kier alpha value is -3.59. The maximum Gasteiger partial charge on any atom is 0.246 e. The first-order valence-corrected chi connectivity index (χ1v) is 12.7. The number of nitrogens with one attached hydrogen (secondary N) is 2. The number of anilines is 2. The minimum atomic E-state index is -0.0219. The number of hydrazine groups is 1. The van der Waals surface area contributed by atoms with E-state index in [1.54, 1.807) is 0 Å². The molecule has 3 aliphatic rings. The second-order valence-corrected chi connectivity index (χ2v) is 9.88. The number of carbonyl (C=O) groups excluding carboxylic acids is 1. The molecule has 4 heterocycles. The molecule has 0 aromatic carbocycles. The van der Waals surface area contributed by atoms with E-state index in [4.69, 9.17) is 9.97 Å². The largest absolute Gasteiger partial charge is 0.365 e. The summed E-state index contributed by atoms with van der Waals surface area (Å²) in [6.45, 7) is 9.41. The van der Waals surface area contributed by atoms with Gasteiger partial charge in [-0.25, -0.2) is 5.01 Å². The molecule has 2 aromatic rings. The highest BCUT2D eigenvalue weighted by atomic mass is 16.2. The molecule has 2 aliphatic heterocycles. The SMILES string of the molecule is C=CC(=O)N1CCCC(Nc2nc(N(C)C3=CCCC(N4C(C)=CC(C)N4C)=C3)nc3[nH]ccc23)C1.